The quantitative estimate of drug-likeness (QED) is 0.199. The summed E-state index contributed by atoms with van der Waals surface area (Å²) < 4.78 is 6.51. The van der Waals surface area contributed by atoms with Crippen LogP contribution in [0, 0.1) is 0 Å². The van der Waals surface area contributed by atoms with E-state index in [-0.39, 0.29) is 0 Å². The summed E-state index contributed by atoms with van der Waals surface area (Å²) >= 11 is 0. The van der Waals surface area contributed by atoms with Crippen LogP contribution in [0.2, 0.25) is 0 Å². The van der Waals surface area contributed by atoms with Crippen molar-refractivity contribution in [3.63, 3.8) is 0 Å². The van der Waals surface area contributed by atoms with Gasteiger partial charge in [-0.15, -0.1) is 0 Å². The van der Waals surface area contributed by atoms with Gasteiger partial charge in [0.1, 0.15) is 11.2 Å². The molecule has 0 fully saturated rings. The van der Waals surface area contributed by atoms with Crippen LogP contribution in [0.4, 0.5) is 17.1 Å². The molecule has 0 amide bonds. The fourth-order valence-electron chi connectivity index (χ4n) is 6.83. The zero-order valence-corrected chi connectivity index (χ0v) is 25.1. The lowest BCUT2D eigenvalue weighted by molar-refractivity contribution is 0.669. The molecule has 216 valence electrons. The first-order valence-electron chi connectivity index (χ1n) is 15.7. The summed E-state index contributed by atoms with van der Waals surface area (Å²) in [6.07, 6.45) is 0. The van der Waals surface area contributed by atoms with Gasteiger partial charge in [0, 0.05) is 16.8 Å². The van der Waals surface area contributed by atoms with E-state index in [4.69, 9.17) is 4.42 Å². The number of rotatable bonds is 5. The minimum Gasteiger partial charge on any atom is -0.456 e. The third-order valence-electron chi connectivity index (χ3n) is 9.02. The second-order valence-electron chi connectivity index (χ2n) is 11.8. The van der Waals surface area contributed by atoms with Crippen LogP contribution in [0.15, 0.2) is 180 Å². The first kappa shape index (κ1) is 26.3. The average molecular weight is 588 g/mol. The summed E-state index contributed by atoms with van der Waals surface area (Å²) in [5.41, 5.74) is 9.80. The number of fused-ring (bicyclic) bond motifs is 5. The lowest BCUT2D eigenvalue weighted by Crippen LogP contribution is -2.10. The van der Waals surface area contributed by atoms with E-state index in [2.05, 4.69) is 181 Å². The monoisotopic (exact) mass is 587 g/mol. The average Bonchev–Trinajstić information content (AvgIpc) is 3.49. The largest absolute Gasteiger partial charge is 0.456 e. The molecule has 0 atom stereocenters. The molecule has 2 nitrogen and oxygen atoms in total. The van der Waals surface area contributed by atoms with Crippen molar-refractivity contribution in [1.82, 2.24) is 0 Å². The summed E-state index contributed by atoms with van der Waals surface area (Å²) in [5.74, 6) is 0. The van der Waals surface area contributed by atoms with Crippen molar-refractivity contribution >= 4 is 60.5 Å². The molecule has 0 aliphatic carbocycles. The number of furan rings is 1. The molecule has 0 unspecified atom stereocenters. The van der Waals surface area contributed by atoms with Gasteiger partial charge in [-0.2, -0.15) is 0 Å². The Labute approximate surface area is 267 Å². The minimum absolute atomic E-state index is 0.874. The van der Waals surface area contributed by atoms with Gasteiger partial charge >= 0.3 is 0 Å². The van der Waals surface area contributed by atoms with Gasteiger partial charge in [-0.25, -0.2) is 0 Å². The van der Waals surface area contributed by atoms with Crippen molar-refractivity contribution in [1.29, 1.82) is 0 Å². The first-order valence-corrected chi connectivity index (χ1v) is 15.7. The molecular weight excluding hydrogens is 558 g/mol. The fourth-order valence-corrected chi connectivity index (χ4v) is 6.83. The van der Waals surface area contributed by atoms with Gasteiger partial charge in [0.25, 0.3) is 0 Å². The highest BCUT2D eigenvalue weighted by Gasteiger charge is 2.20. The van der Waals surface area contributed by atoms with E-state index in [0.717, 1.165) is 39.0 Å². The molecule has 0 aliphatic heterocycles. The maximum absolute atomic E-state index is 6.51. The minimum atomic E-state index is 0.874. The van der Waals surface area contributed by atoms with Crippen molar-refractivity contribution < 1.29 is 4.42 Å². The molecule has 0 N–H and O–H groups in total. The summed E-state index contributed by atoms with van der Waals surface area (Å²) in [4.78, 5) is 2.37. The molecule has 0 saturated heterocycles. The molecular formula is C44H29NO. The van der Waals surface area contributed by atoms with Crippen LogP contribution in [0.25, 0.3) is 65.7 Å². The number of hydrogen-bond donors (Lipinski definition) is 0. The van der Waals surface area contributed by atoms with Crippen LogP contribution in [0.1, 0.15) is 0 Å². The van der Waals surface area contributed by atoms with Gasteiger partial charge in [-0.05, 0) is 92.3 Å². The highest BCUT2D eigenvalue weighted by atomic mass is 16.3. The van der Waals surface area contributed by atoms with Crippen LogP contribution >= 0.6 is 0 Å². The van der Waals surface area contributed by atoms with E-state index in [0.29, 0.717) is 0 Å². The van der Waals surface area contributed by atoms with Crippen molar-refractivity contribution in [2.45, 2.75) is 0 Å². The van der Waals surface area contributed by atoms with Crippen LogP contribution < -0.4 is 4.90 Å². The normalized spacial score (nSPS) is 11.5. The van der Waals surface area contributed by atoms with E-state index in [1.807, 2.05) is 0 Å². The summed E-state index contributed by atoms with van der Waals surface area (Å²) in [5, 5.41) is 7.09. The van der Waals surface area contributed by atoms with Gasteiger partial charge in [-0.1, -0.05) is 127 Å². The summed E-state index contributed by atoms with van der Waals surface area (Å²) in [6.45, 7) is 0. The predicted molar refractivity (Wildman–Crippen MR) is 194 cm³/mol. The van der Waals surface area contributed by atoms with Crippen molar-refractivity contribution in [2.24, 2.45) is 0 Å². The third-order valence-corrected chi connectivity index (χ3v) is 9.02. The standard InChI is InChI=1S/C44H29NO/c1-2-11-30(12-3-1)33-17-8-18-37(27-33)45(36-25-23-32(24-26-36)39-20-9-16-31-13-6-7-19-38(31)39)41-21-10-22-42-44(41)40-28-34-14-4-5-15-35(34)29-43(40)46-42/h1-29H. The second kappa shape index (κ2) is 10.8. The van der Waals surface area contributed by atoms with E-state index in [1.54, 1.807) is 0 Å². The molecule has 0 aliphatic rings. The molecule has 2 heteroatoms. The van der Waals surface area contributed by atoms with Gasteiger partial charge in [0.15, 0.2) is 0 Å². The maximum Gasteiger partial charge on any atom is 0.137 e. The van der Waals surface area contributed by atoms with Gasteiger partial charge in [0.2, 0.25) is 0 Å². The highest BCUT2D eigenvalue weighted by molar-refractivity contribution is 6.16. The smallest absolute Gasteiger partial charge is 0.137 e. The Kier molecular flexibility index (Phi) is 6.17. The van der Waals surface area contributed by atoms with E-state index >= 15 is 0 Å². The van der Waals surface area contributed by atoms with E-state index in [1.165, 1.54) is 43.8 Å². The lowest BCUT2D eigenvalue weighted by atomic mass is 9.98. The Hall–Kier alpha value is -6.12. The number of benzene rings is 8. The first-order chi connectivity index (χ1) is 22.8. The molecule has 1 heterocycles. The molecule has 0 spiro atoms. The third kappa shape index (κ3) is 4.43. The molecule has 1 aromatic heterocycles. The van der Waals surface area contributed by atoms with Crippen molar-refractivity contribution in [2.75, 3.05) is 4.90 Å². The molecule has 0 radical (unpaired) electrons. The number of anilines is 3. The number of hydrogen-bond acceptors (Lipinski definition) is 2. The SMILES string of the molecule is c1ccc(-c2cccc(N(c3ccc(-c4cccc5ccccc45)cc3)c3cccc4oc5cc6ccccc6cc5c34)c2)cc1. The summed E-state index contributed by atoms with van der Waals surface area (Å²) in [6, 6.07) is 62.7. The highest BCUT2D eigenvalue weighted by Crippen LogP contribution is 2.44. The van der Waals surface area contributed by atoms with Crippen molar-refractivity contribution in [3.05, 3.63) is 176 Å². The van der Waals surface area contributed by atoms with E-state index < -0.39 is 0 Å². The Morgan fingerprint density at radius 3 is 1.89 bits per heavy atom. The van der Waals surface area contributed by atoms with Crippen LogP contribution in [0.3, 0.4) is 0 Å². The molecule has 0 saturated carbocycles. The Bertz CT molecular complexity index is 2520. The Morgan fingerprint density at radius 2 is 1.04 bits per heavy atom. The second-order valence-corrected chi connectivity index (χ2v) is 11.8. The van der Waals surface area contributed by atoms with E-state index in [9.17, 15) is 0 Å². The van der Waals surface area contributed by atoms with Gasteiger partial charge < -0.3 is 9.32 Å². The Balaban J connectivity index is 1.26. The number of nitrogens with zero attached hydrogens (tertiary/aromatic N) is 1. The van der Waals surface area contributed by atoms with Crippen LogP contribution in [0.5, 0.6) is 0 Å². The zero-order valence-electron chi connectivity index (χ0n) is 25.1. The molecule has 8 aromatic carbocycles. The molecule has 9 aromatic rings. The Morgan fingerprint density at radius 1 is 0.370 bits per heavy atom. The lowest BCUT2D eigenvalue weighted by Gasteiger charge is -2.27. The molecule has 0 bridgehead atoms. The molecule has 9 rings (SSSR count). The zero-order chi connectivity index (χ0) is 30.5. The fraction of sp³-hybridized carbons (Fsp3) is 0. The van der Waals surface area contributed by atoms with Crippen molar-refractivity contribution in [3.8, 4) is 22.3 Å². The summed E-state index contributed by atoms with van der Waals surface area (Å²) in [7, 11) is 0. The van der Waals surface area contributed by atoms with Gasteiger partial charge in [0.05, 0.1) is 11.1 Å². The van der Waals surface area contributed by atoms with Crippen LogP contribution in [-0.2, 0) is 0 Å². The maximum atomic E-state index is 6.51. The predicted octanol–water partition coefficient (Wildman–Crippen LogP) is 12.7. The molecule has 46 heavy (non-hydrogen) atoms. The van der Waals surface area contributed by atoms with Crippen LogP contribution in [-0.4, -0.2) is 0 Å². The topological polar surface area (TPSA) is 16.4 Å². The van der Waals surface area contributed by atoms with Gasteiger partial charge in [-0.3, -0.25) is 0 Å².